The Morgan fingerprint density at radius 3 is 1.22 bits per heavy atom. The predicted octanol–water partition coefficient (Wildman–Crippen LogP) is 4.17. The molecule has 0 fully saturated rings. The van der Waals surface area contributed by atoms with Crippen LogP contribution in [0.15, 0.2) is 91.0 Å². The molecule has 0 atom stereocenters. The summed E-state index contributed by atoms with van der Waals surface area (Å²) in [5, 5.41) is 4.00. The summed E-state index contributed by atoms with van der Waals surface area (Å²) >= 11 is 5.52. The molecule has 0 amide bonds. The third kappa shape index (κ3) is 3.22. The van der Waals surface area contributed by atoms with Crippen LogP contribution in [0.3, 0.4) is 0 Å². The highest BCUT2D eigenvalue weighted by Gasteiger charge is 2.24. The lowest BCUT2D eigenvalue weighted by atomic mass is 10.4. The van der Waals surface area contributed by atoms with Crippen molar-refractivity contribution in [1.82, 2.24) is 0 Å². The molecule has 0 aliphatic rings. The van der Waals surface area contributed by atoms with E-state index in [0.29, 0.717) is 0 Å². The smallest absolute Gasteiger partial charge is 0.0131 e. The van der Waals surface area contributed by atoms with Gasteiger partial charge in [0.1, 0.15) is 0 Å². The van der Waals surface area contributed by atoms with Gasteiger partial charge in [-0.15, -0.1) is 0 Å². The second-order valence-corrected chi connectivity index (χ2v) is 9.37. The molecule has 0 aliphatic carbocycles. The van der Waals surface area contributed by atoms with E-state index >= 15 is 0 Å². The summed E-state index contributed by atoms with van der Waals surface area (Å²) in [6.07, 6.45) is 0. The van der Waals surface area contributed by atoms with Crippen molar-refractivity contribution in [2.75, 3.05) is 0 Å². The van der Waals surface area contributed by atoms with E-state index in [1.54, 1.807) is 0 Å². The molecule has 0 heterocycles. The van der Waals surface area contributed by atoms with E-state index in [-0.39, 0.29) is 0 Å². The zero-order valence-electron chi connectivity index (χ0n) is 13.1. The average Bonchev–Trinajstić information content (AvgIpc) is 2.62. The van der Waals surface area contributed by atoms with Gasteiger partial charge >= 0.3 is 0 Å². The van der Waals surface area contributed by atoms with Crippen molar-refractivity contribution in [3.63, 3.8) is 0 Å². The van der Waals surface area contributed by atoms with Gasteiger partial charge in [0.15, 0.2) is 0 Å². The molecule has 0 bridgehead atoms. The third-order valence-corrected chi connectivity index (χ3v) is 8.27. The minimum Gasteiger partial charge on any atom is -0.0852 e. The Kier molecular flexibility index (Phi) is 4.91. The maximum absolute atomic E-state index is 5.52. The zero-order chi connectivity index (χ0) is 16.1. The predicted molar refractivity (Wildman–Crippen MR) is 109 cm³/mol. The van der Waals surface area contributed by atoms with Crippen molar-refractivity contribution in [3.8, 4) is 0 Å². The fraction of sp³-hybridized carbons (Fsp3) is 0.0476. The second-order valence-electron chi connectivity index (χ2n) is 5.47. The fourth-order valence-electron chi connectivity index (χ4n) is 2.93. The Morgan fingerprint density at radius 2 is 0.957 bits per heavy atom. The lowest BCUT2D eigenvalue weighted by Gasteiger charge is -2.28. The van der Waals surface area contributed by atoms with E-state index in [0.717, 1.165) is 4.86 Å². The van der Waals surface area contributed by atoms with Gasteiger partial charge in [0.05, 0.1) is 0 Å². The Balaban J connectivity index is 2.43. The monoisotopic (exact) mass is 334 g/mol. The minimum atomic E-state index is -1.88. The molecule has 0 N–H and O–H groups in total. The molecule has 0 saturated heterocycles. The summed E-state index contributed by atoms with van der Waals surface area (Å²) in [5.41, 5.74) is 0. The van der Waals surface area contributed by atoms with E-state index < -0.39 is 6.89 Å². The highest BCUT2D eigenvalue weighted by molar-refractivity contribution is 7.97. The van der Waals surface area contributed by atoms with Crippen molar-refractivity contribution >= 4 is 45.7 Å². The van der Waals surface area contributed by atoms with Gasteiger partial charge in [0.25, 0.3) is 0 Å². The zero-order valence-corrected chi connectivity index (χ0v) is 14.8. The molecular weight excluding hydrogens is 315 g/mol. The Bertz CT molecular complexity index is 733. The van der Waals surface area contributed by atoms with Gasteiger partial charge in [-0.25, -0.2) is 0 Å². The minimum absolute atomic E-state index is 0.940. The van der Waals surface area contributed by atoms with Gasteiger partial charge in [0.2, 0.25) is 0 Å². The number of thiocarbonyl (C=S) groups is 1. The van der Waals surface area contributed by atoms with Gasteiger partial charge < -0.3 is 0 Å². The molecular formula is C21H19PS. The van der Waals surface area contributed by atoms with E-state index in [2.05, 4.69) is 96.8 Å². The van der Waals surface area contributed by atoms with Crippen LogP contribution in [0.2, 0.25) is 0 Å². The Labute approximate surface area is 143 Å². The lowest BCUT2D eigenvalue weighted by molar-refractivity contribution is 1.73. The van der Waals surface area contributed by atoms with Crippen molar-refractivity contribution in [1.29, 1.82) is 0 Å². The summed E-state index contributed by atoms with van der Waals surface area (Å²) < 4.78 is 0. The van der Waals surface area contributed by atoms with Gasteiger partial charge in [-0.3, -0.25) is 0 Å². The summed E-state index contributed by atoms with van der Waals surface area (Å²) in [4.78, 5) is 0.940. The normalized spacial score (nSPS) is 11.0. The van der Waals surface area contributed by atoms with Gasteiger partial charge in [0, 0.05) is 4.86 Å². The molecule has 0 saturated carbocycles. The number of hydrogen-bond acceptors (Lipinski definition) is 1. The Morgan fingerprint density at radius 1 is 0.652 bits per heavy atom. The summed E-state index contributed by atoms with van der Waals surface area (Å²) in [6, 6.07) is 32.2. The first-order valence-electron chi connectivity index (χ1n) is 7.65. The van der Waals surface area contributed by atoms with Crippen molar-refractivity contribution < 1.29 is 0 Å². The highest BCUT2D eigenvalue weighted by atomic mass is 32.1. The van der Waals surface area contributed by atoms with Crippen molar-refractivity contribution in [2.24, 2.45) is 0 Å². The van der Waals surface area contributed by atoms with Crippen LogP contribution in [0.1, 0.15) is 6.92 Å². The van der Waals surface area contributed by atoms with E-state index in [9.17, 15) is 0 Å². The largest absolute Gasteiger partial charge is 0.0852 e. The molecule has 0 radical (unpaired) electrons. The SMILES string of the molecule is CC(=S)C=P(c1ccccc1)(c1ccccc1)c1ccccc1. The second kappa shape index (κ2) is 7.08. The van der Waals surface area contributed by atoms with Crippen LogP contribution in [-0.2, 0) is 0 Å². The molecule has 3 aromatic carbocycles. The molecule has 0 nitrogen and oxygen atoms in total. The van der Waals surface area contributed by atoms with Crippen LogP contribution in [0.4, 0.5) is 0 Å². The van der Waals surface area contributed by atoms with Crippen LogP contribution in [0, 0.1) is 0 Å². The summed E-state index contributed by atoms with van der Waals surface area (Å²) in [6.45, 7) is 0.137. The van der Waals surface area contributed by atoms with Crippen LogP contribution < -0.4 is 15.9 Å². The first-order valence-corrected chi connectivity index (χ1v) is 9.92. The molecule has 2 heteroatoms. The fourth-order valence-corrected chi connectivity index (χ4v) is 7.22. The number of rotatable bonds is 4. The standard InChI is InChI=1S/C21H19PS/c1-18(23)17-22(19-11-5-2-6-12-19,20-13-7-3-8-14-20)21-15-9-4-10-16-21/h2-17H,1H3. The van der Waals surface area contributed by atoms with Crippen molar-refractivity contribution in [3.05, 3.63) is 91.0 Å². The van der Waals surface area contributed by atoms with E-state index in [1.807, 2.05) is 6.92 Å². The van der Waals surface area contributed by atoms with Crippen LogP contribution in [-0.4, -0.2) is 10.7 Å². The molecule has 23 heavy (non-hydrogen) atoms. The number of benzene rings is 3. The lowest BCUT2D eigenvalue weighted by Crippen LogP contribution is -2.27. The third-order valence-electron chi connectivity index (χ3n) is 3.87. The first kappa shape index (κ1) is 15.9. The molecule has 3 aromatic rings. The summed E-state index contributed by atoms with van der Waals surface area (Å²) in [7, 11) is 0. The first-order chi connectivity index (χ1) is 11.2. The molecule has 0 aliphatic heterocycles. The van der Waals surface area contributed by atoms with Crippen LogP contribution >= 0.6 is 19.1 Å². The molecule has 0 unspecified atom stereocenters. The van der Waals surface area contributed by atoms with Gasteiger partial charge in [-0.05, 0) is 35.5 Å². The van der Waals surface area contributed by atoms with E-state index in [4.69, 9.17) is 12.2 Å². The van der Waals surface area contributed by atoms with Gasteiger partial charge in [-0.1, -0.05) is 103 Å². The molecule has 3 rings (SSSR count). The van der Waals surface area contributed by atoms with Crippen LogP contribution in [0.25, 0.3) is 0 Å². The highest BCUT2D eigenvalue weighted by Crippen LogP contribution is 2.43. The number of hydrogen-bond donors (Lipinski definition) is 0. The molecule has 0 spiro atoms. The summed E-state index contributed by atoms with van der Waals surface area (Å²) in [5.74, 6) is 2.31. The molecule has 0 aromatic heterocycles. The maximum Gasteiger partial charge on any atom is 0.0131 e. The Hall–Kier alpha value is -1.95. The quantitative estimate of drug-likeness (QED) is 0.510. The average molecular weight is 334 g/mol. The van der Waals surface area contributed by atoms with Gasteiger partial charge in [-0.2, -0.15) is 0 Å². The van der Waals surface area contributed by atoms with Crippen LogP contribution in [0.5, 0.6) is 0 Å². The maximum atomic E-state index is 5.52. The topological polar surface area (TPSA) is 0 Å². The molecule has 114 valence electrons. The van der Waals surface area contributed by atoms with E-state index in [1.165, 1.54) is 15.9 Å². The van der Waals surface area contributed by atoms with Crippen molar-refractivity contribution in [2.45, 2.75) is 6.92 Å².